The summed E-state index contributed by atoms with van der Waals surface area (Å²) in [5, 5.41) is 3.40. The standard InChI is InChI=1S/C14H18N2O2/c1-10-13-8-15-7-11(13)9-16(10)14(17)5-4-12-3-2-6-18-12/h2-6,10-11,13,15H,7-9H2,1H3. The third-order valence-electron chi connectivity index (χ3n) is 4.15. The second-order valence-corrected chi connectivity index (χ2v) is 5.16. The molecular weight excluding hydrogens is 228 g/mol. The Morgan fingerprint density at radius 2 is 2.44 bits per heavy atom. The molecule has 2 aliphatic heterocycles. The van der Waals surface area contributed by atoms with Crippen molar-refractivity contribution in [3.05, 3.63) is 30.2 Å². The van der Waals surface area contributed by atoms with Crippen LogP contribution < -0.4 is 5.32 Å². The maximum Gasteiger partial charge on any atom is 0.246 e. The van der Waals surface area contributed by atoms with Gasteiger partial charge in [0.1, 0.15) is 5.76 Å². The number of carbonyl (C=O) groups is 1. The molecule has 0 aromatic carbocycles. The molecule has 0 bridgehead atoms. The molecule has 3 heterocycles. The Morgan fingerprint density at radius 1 is 1.56 bits per heavy atom. The summed E-state index contributed by atoms with van der Waals surface area (Å²) >= 11 is 0. The fourth-order valence-corrected chi connectivity index (χ4v) is 3.09. The number of furan rings is 1. The van der Waals surface area contributed by atoms with Crippen LogP contribution in [0, 0.1) is 11.8 Å². The maximum atomic E-state index is 12.2. The topological polar surface area (TPSA) is 45.5 Å². The molecule has 3 rings (SSSR count). The third kappa shape index (κ3) is 1.97. The number of fused-ring (bicyclic) bond motifs is 1. The lowest BCUT2D eigenvalue weighted by Crippen LogP contribution is -2.37. The number of nitrogens with one attached hydrogen (secondary N) is 1. The first-order valence-electron chi connectivity index (χ1n) is 6.48. The zero-order valence-corrected chi connectivity index (χ0v) is 10.5. The first-order valence-corrected chi connectivity index (χ1v) is 6.48. The number of rotatable bonds is 2. The molecule has 96 valence electrons. The molecule has 1 N–H and O–H groups in total. The van der Waals surface area contributed by atoms with Gasteiger partial charge in [-0.3, -0.25) is 4.79 Å². The average molecular weight is 246 g/mol. The van der Waals surface area contributed by atoms with Crippen molar-refractivity contribution in [1.82, 2.24) is 10.2 Å². The van der Waals surface area contributed by atoms with Crippen molar-refractivity contribution >= 4 is 12.0 Å². The monoisotopic (exact) mass is 246 g/mol. The van der Waals surface area contributed by atoms with Crippen LogP contribution in [0.15, 0.2) is 28.9 Å². The van der Waals surface area contributed by atoms with E-state index >= 15 is 0 Å². The van der Waals surface area contributed by atoms with Crippen LogP contribution in [-0.4, -0.2) is 36.5 Å². The Labute approximate surface area is 107 Å². The van der Waals surface area contributed by atoms with Crippen LogP contribution in [-0.2, 0) is 4.79 Å². The summed E-state index contributed by atoms with van der Waals surface area (Å²) in [7, 11) is 0. The quantitative estimate of drug-likeness (QED) is 0.801. The second-order valence-electron chi connectivity index (χ2n) is 5.16. The predicted octanol–water partition coefficient (Wildman–Crippen LogP) is 1.36. The molecule has 4 heteroatoms. The molecule has 3 atom stereocenters. The number of amides is 1. The van der Waals surface area contributed by atoms with Crippen LogP contribution in [0.1, 0.15) is 12.7 Å². The highest BCUT2D eigenvalue weighted by atomic mass is 16.3. The van der Waals surface area contributed by atoms with E-state index in [-0.39, 0.29) is 5.91 Å². The van der Waals surface area contributed by atoms with E-state index in [0.717, 1.165) is 25.4 Å². The van der Waals surface area contributed by atoms with Gasteiger partial charge in [-0.1, -0.05) is 0 Å². The van der Waals surface area contributed by atoms with Gasteiger partial charge in [0.15, 0.2) is 0 Å². The fraction of sp³-hybridized carbons (Fsp3) is 0.500. The van der Waals surface area contributed by atoms with Gasteiger partial charge in [0.25, 0.3) is 0 Å². The van der Waals surface area contributed by atoms with Crippen LogP contribution in [0.5, 0.6) is 0 Å². The predicted molar refractivity (Wildman–Crippen MR) is 68.8 cm³/mol. The molecule has 2 fully saturated rings. The number of carbonyl (C=O) groups excluding carboxylic acids is 1. The van der Waals surface area contributed by atoms with Crippen molar-refractivity contribution in [3.63, 3.8) is 0 Å². The molecule has 2 saturated heterocycles. The van der Waals surface area contributed by atoms with Crippen LogP contribution in [0.3, 0.4) is 0 Å². The Kier molecular flexibility index (Phi) is 2.96. The van der Waals surface area contributed by atoms with Gasteiger partial charge >= 0.3 is 0 Å². The van der Waals surface area contributed by atoms with Crippen molar-refractivity contribution in [3.8, 4) is 0 Å². The minimum Gasteiger partial charge on any atom is -0.465 e. The lowest BCUT2D eigenvalue weighted by Gasteiger charge is -2.23. The molecule has 3 unspecified atom stereocenters. The van der Waals surface area contributed by atoms with E-state index in [1.165, 1.54) is 0 Å². The van der Waals surface area contributed by atoms with E-state index in [2.05, 4.69) is 12.2 Å². The van der Waals surface area contributed by atoms with E-state index in [0.29, 0.717) is 17.9 Å². The maximum absolute atomic E-state index is 12.2. The first-order chi connectivity index (χ1) is 8.75. The van der Waals surface area contributed by atoms with Gasteiger partial charge in [-0.05, 0) is 37.0 Å². The summed E-state index contributed by atoms with van der Waals surface area (Å²) in [6.07, 6.45) is 4.96. The van der Waals surface area contributed by atoms with Crippen molar-refractivity contribution in [2.45, 2.75) is 13.0 Å². The molecule has 1 amide bonds. The van der Waals surface area contributed by atoms with E-state index < -0.39 is 0 Å². The molecule has 0 radical (unpaired) electrons. The fourth-order valence-electron chi connectivity index (χ4n) is 3.09. The van der Waals surface area contributed by atoms with Gasteiger partial charge in [0.05, 0.1) is 6.26 Å². The average Bonchev–Trinajstić information content (AvgIpc) is 3.05. The molecule has 0 spiro atoms. The minimum absolute atomic E-state index is 0.0910. The van der Waals surface area contributed by atoms with Crippen molar-refractivity contribution in [2.75, 3.05) is 19.6 Å². The minimum atomic E-state index is 0.0910. The molecule has 2 aliphatic rings. The van der Waals surface area contributed by atoms with Gasteiger partial charge in [0, 0.05) is 31.8 Å². The summed E-state index contributed by atoms with van der Waals surface area (Å²) in [4.78, 5) is 14.1. The van der Waals surface area contributed by atoms with Crippen LogP contribution in [0.4, 0.5) is 0 Å². The zero-order chi connectivity index (χ0) is 12.5. The highest BCUT2D eigenvalue weighted by molar-refractivity contribution is 5.91. The molecule has 1 aromatic heterocycles. The highest BCUT2D eigenvalue weighted by Gasteiger charge is 2.42. The van der Waals surface area contributed by atoms with Crippen molar-refractivity contribution in [2.24, 2.45) is 11.8 Å². The summed E-state index contributed by atoms with van der Waals surface area (Å²) in [6.45, 7) is 5.11. The first kappa shape index (κ1) is 11.5. The number of likely N-dealkylation sites (tertiary alicyclic amines) is 1. The largest absolute Gasteiger partial charge is 0.465 e. The van der Waals surface area contributed by atoms with Crippen LogP contribution in [0.25, 0.3) is 6.08 Å². The molecular formula is C14H18N2O2. The zero-order valence-electron chi connectivity index (χ0n) is 10.5. The highest BCUT2D eigenvalue weighted by Crippen LogP contribution is 2.32. The van der Waals surface area contributed by atoms with Crippen LogP contribution in [0.2, 0.25) is 0 Å². The van der Waals surface area contributed by atoms with Gasteiger partial charge in [-0.25, -0.2) is 0 Å². The summed E-state index contributed by atoms with van der Waals surface area (Å²) in [5.41, 5.74) is 0. The molecule has 0 saturated carbocycles. The number of hydrogen-bond acceptors (Lipinski definition) is 3. The smallest absolute Gasteiger partial charge is 0.246 e. The molecule has 0 aliphatic carbocycles. The third-order valence-corrected chi connectivity index (χ3v) is 4.15. The van der Waals surface area contributed by atoms with Gasteiger partial charge in [-0.2, -0.15) is 0 Å². The summed E-state index contributed by atoms with van der Waals surface area (Å²) < 4.78 is 5.18. The molecule has 4 nitrogen and oxygen atoms in total. The van der Waals surface area contributed by atoms with E-state index in [1.807, 2.05) is 17.0 Å². The Hall–Kier alpha value is -1.55. The number of hydrogen-bond donors (Lipinski definition) is 1. The number of nitrogens with zero attached hydrogens (tertiary/aromatic N) is 1. The van der Waals surface area contributed by atoms with Gasteiger partial charge in [-0.15, -0.1) is 0 Å². The van der Waals surface area contributed by atoms with E-state index in [1.54, 1.807) is 18.4 Å². The normalized spacial score (nSPS) is 31.2. The van der Waals surface area contributed by atoms with Gasteiger partial charge < -0.3 is 14.6 Å². The Bertz CT molecular complexity index is 452. The van der Waals surface area contributed by atoms with Crippen LogP contribution >= 0.6 is 0 Å². The summed E-state index contributed by atoms with van der Waals surface area (Å²) in [5.74, 6) is 2.05. The Morgan fingerprint density at radius 3 is 3.17 bits per heavy atom. The lowest BCUT2D eigenvalue weighted by molar-refractivity contribution is -0.126. The Balaban J connectivity index is 1.67. The molecule has 1 aromatic rings. The molecule has 18 heavy (non-hydrogen) atoms. The second kappa shape index (κ2) is 4.61. The SMILES string of the molecule is CC1C2CNCC2CN1C(=O)C=Cc1ccco1. The lowest BCUT2D eigenvalue weighted by atomic mass is 9.95. The summed E-state index contributed by atoms with van der Waals surface area (Å²) in [6, 6.07) is 3.99. The van der Waals surface area contributed by atoms with Crippen molar-refractivity contribution < 1.29 is 9.21 Å². The van der Waals surface area contributed by atoms with E-state index in [4.69, 9.17) is 4.42 Å². The van der Waals surface area contributed by atoms with Gasteiger partial charge in [0.2, 0.25) is 5.91 Å². The van der Waals surface area contributed by atoms with Crippen molar-refractivity contribution in [1.29, 1.82) is 0 Å². The van der Waals surface area contributed by atoms with E-state index in [9.17, 15) is 4.79 Å².